The van der Waals surface area contributed by atoms with Crippen LogP contribution < -0.4 is 0 Å². The van der Waals surface area contributed by atoms with Crippen molar-refractivity contribution < 1.29 is 0 Å². The molecule has 7 heteroatoms. The maximum absolute atomic E-state index is 5.35. The van der Waals surface area contributed by atoms with Crippen molar-refractivity contribution in [3.63, 3.8) is 0 Å². The van der Waals surface area contributed by atoms with Gasteiger partial charge in [0.05, 0.1) is 67.5 Å². The first-order valence-electron chi connectivity index (χ1n) is 24.1. The lowest BCUT2D eigenvalue weighted by molar-refractivity contribution is 0.719. The molecule has 0 N–H and O–H groups in total. The smallest absolute Gasteiger partial charge is 0.139 e. The van der Waals surface area contributed by atoms with Gasteiger partial charge in [0, 0.05) is 66.1 Å². The lowest BCUT2D eigenvalue weighted by atomic mass is 9.67. The van der Waals surface area contributed by atoms with Crippen molar-refractivity contribution in [1.29, 1.82) is 0 Å². The highest BCUT2D eigenvalue weighted by molar-refractivity contribution is 7.99. The average molecular weight is 923 g/mol. The van der Waals surface area contributed by atoms with E-state index in [1.807, 2.05) is 30.4 Å². The van der Waals surface area contributed by atoms with Gasteiger partial charge in [0.25, 0.3) is 0 Å². The fourth-order valence-electron chi connectivity index (χ4n) is 12.4. The summed E-state index contributed by atoms with van der Waals surface area (Å²) < 4.78 is 7.06. The molecule has 1 aliphatic carbocycles. The maximum atomic E-state index is 5.35. The Hall–Kier alpha value is -9.04. The van der Waals surface area contributed by atoms with Gasteiger partial charge in [-0.25, -0.2) is 4.98 Å². The summed E-state index contributed by atoms with van der Waals surface area (Å²) >= 11 is 1.86. The second kappa shape index (κ2) is 14.5. The molecule has 0 radical (unpaired) electrons. The van der Waals surface area contributed by atoms with Crippen LogP contribution in [-0.4, -0.2) is 28.7 Å². The van der Waals surface area contributed by atoms with E-state index in [4.69, 9.17) is 15.0 Å². The number of nitrogens with zero attached hydrogens (tertiary/aromatic N) is 6. The van der Waals surface area contributed by atoms with Gasteiger partial charge in [-0.2, -0.15) is 0 Å². The first-order valence-corrected chi connectivity index (χ1v) is 24.9. The van der Waals surface area contributed by atoms with Crippen LogP contribution in [0.25, 0.3) is 105 Å². The zero-order valence-electron chi connectivity index (χ0n) is 38.0. The number of hydrogen-bond acceptors (Lipinski definition) is 4. The van der Waals surface area contributed by atoms with Crippen molar-refractivity contribution in [2.24, 2.45) is 0 Å². The van der Waals surface area contributed by atoms with Crippen molar-refractivity contribution in [2.45, 2.75) is 15.2 Å². The minimum atomic E-state index is -0.644. The summed E-state index contributed by atoms with van der Waals surface area (Å²) in [7, 11) is 0. The number of hydrogen-bond donors (Lipinski definition) is 0. The maximum Gasteiger partial charge on any atom is 0.139 e. The minimum Gasteiger partial charge on any atom is -0.309 e. The molecule has 1 atom stereocenters. The summed E-state index contributed by atoms with van der Waals surface area (Å²) in [4.78, 5) is 17.9. The van der Waals surface area contributed by atoms with Crippen molar-refractivity contribution in [1.82, 2.24) is 28.7 Å². The van der Waals surface area contributed by atoms with Crippen LogP contribution in [-0.2, 0) is 5.41 Å². The highest BCUT2D eigenvalue weighted by Crippen LogP contribution is 2.62. The van der Waals surface area contributed by atoms with Crippen LogP contribution in [0.1, 0.15) is 22.3 Å². The second-order valence-electron chi connectivity index (χ2n) is 18.7. The molecule has 14 aromatic rings. The molecule has 16 rings (SSSR count). The molecule has 1 aliphatic heterocycles. The number of fused-ring (bicyclic) bond motifs is 18. The van der Waals surface area contributed by atoms with Gasteiger partial charge in [0.15, 0.2) is 0 Å². The molecule has 330 valence electrons. The Kier molecular flexibility index (Phi) is 7.94. The largest absolute Gasteiger partial charge is 0.309 e. The number of aromatic nitrogens is 6. The fraction of sp³-hybridized carbons (Fsp3) is 0.0156. The van der Waals surface area contributed by atoms with E-state index >= 15 is 0 Å². The van der Waals surface area contributed by atoms with Crippen LogP contribution in [0.15, 0.2) is 241 Å². The van der Waals surface area contributed by atoms with Crippen LogP contribution in [0.5, 0.6) is 0 Å². The molecule has 0 bridgehead atoms. The topological polar surface area (TPSA) is 53.5 Å². The van der Waals surface area contributed by atoms with Crippen LogP contribution in [0.3, 0.4) is 0 Å². The predicted molar refractivity (Wildman–Crippen MR) is 290 cm³/mol. The van der Waals surface area contributed by atoms with Crippen molar-refractivity contribution in [3.8, 4) is 39.7 Å². The molecule has 6 aromatic heterocycles. The Bertz CT molecular complexity index is 4490. The summed E-state index contributed by atoms with van der Waals surface area (Å²) in [5, 5.41) is 7.30. The van der Waals surface area contributed by atoms with Gasteiger partial charge in [-0.3, -0.25) is 14.5 Å². The Morgan fingerprint density at radius 3 is 1.54 bits per heavy atom. The molecule has 2 aliphatic rings. The van der Waals surface area contributed by atoms with Crippen molar-refractivity contribution >= 4 is 77.2 Å². The normalized spacial score (nSPS) is 14.8. The summed E-state index contributed by atoms with van der Waals surface area (Å²) in [5.41, 5.74) is 17.4. The third-order valence-electron chi connectivity index (χ3n) is 15.3. The van der Waals surface area contributed by atoms with E-state index in [-0.39, 0.29) is 0 Å². The van der Waals surface area contributed by atoms with Gasteiger partial charge in [-0.05, 0) is 101 Å². The van der Waals surface area contributed by atoms with E-state index in [9.17, 15) is 0 Å². The molecule has 0 saturated heterocycles. The number of rotatable bonds is 4. The highest BCUT2D eigenvalue weighted by atomic mass is 32.2. The zero-order chi connectivity index (χ0) is 46.4. The fourth-order valence-corrected chi connectivity index (χ4v) is 13.6. The van der Waals surface area contributed by atoms with Gasteiger partial charge in [0.2, 0.25) is 0 Å². The zero-order valence-corrected chi connectivity index (χ0v) is 38.8. The van der Waals surface area contributed by atoms with Crippen LogP contribution in [0, 0.1) is 0 Å². The average Bonchev–Trinajstić information content (AvgIpc) is 4.15. The summed E-state index contributed by atoms with van der Waals surface area (Å²) in [6.45, 7) is 0. The monoisotopic (exact) mass is 922 g/mol. The molecule has 0 amide bonds. The van der Waals surface area contributed by atoms with Crippen LogP contribution in [0.2, 0.25) is 0 Å². The standard InChI is InChI=1S/C64H38N6S/c1-7-21-53-43(14-1)44-15-2-8-22-54(44)68(53)41-31-33-65-61(37-41)70-57-25-11-5-18-47(57)48-34-39(28-30-58(48)70)40-27-29-50-60(35-40)71-59-26-12-6-19-49(59)64(50)51-20-13-32-66-62(51)63-52(64)36-42(38-67-63)69-55-23-9-3-16-45(55)46-17-4-10-24-56(46)69/h1-38H. The second-order valence-corrected chi connectivity index (χ2v) is 19.8. The summed E-state index contributed by atoms with van der Waals surface area (Å²) in [5.74, 6) is 0.875. The molecule has 0 saturated carbocycles. The van der Waals surface area contributed by atoms with E-state index in [0.29, 0.717) is 0 Å². The van der Waals surface area contributed by atoms with E-state index in [0.717, 1.165) is 72.9 Å². The molecule has 0 fully saturated rings. The van der Waals surface area contributed by atoms with Gasteiger partial charge < -0.3 is 9.13 Å². The molecule has 1 unspecified atom stereocenters. The first-order chi connectivity index (χ1) is 35.2. The summed E-state index contributed by atoms with van der Waals surface area (Å²) in [6.07, 6.45) is 5.88. The third-order valence-corrected chi connectivity index (χ3v) is 16.4. The van der Waals surface area contributed by atoms with Gasteiger partial charge >= 0.3 is 0 Å². The van der Waals surface area contributed by atoms with Crippen molar-refractivity contribution in [3.05, 3.63) is 253 Å². The Balaban J connectivity index is 0.866. The van der Waals surface area contributed by atoms with E-state index in [1.54, 1.807) is 0 Å². The van der Waals surface area contributed by atoms with Gasteiger partial charge in [-0.15, -0.1) is 0 Å². The van der Waals surface area contributed by atoms with Gasteiger partial charge in [-0.1, -0.05) is 145 Å². The molecule has 71 heavy (non-hydrogen) atoms. The Morgan fingerprint density at radius 2 is 0.845 bits per heavy atom. The van der Waals surface area contributed by atoms with E-state index in [2.05, 4.69) is 226 Å². The van der Waals surface area contributed by atoms with E-state index in [1.165, 1.54) is 64.3 Å². The molecular formula is C64H38N6S. The lowest BCUT2D eigenvalue weighted by Crippen LogP contribution is -2.32. The number of para-hydroxylation sites is 5. The first kappa shape index (κ1) is 38.9. The Morgan fingerprint density at radius 1 is 0.324 bits per heavy atom. The third kappa shape index (κ3) is 5.25. The van der Waals surface area contributed by atoms with E-state index < -0.39 is 5.41 Å². The molecular weight excluding hydrogens is 885 g/mol. The van der Waals surface area contributed by atoms with Gasteiger partial charge in [0.1, 0.15) is 5.82 Å². The minimum absolute atomic E-state index is 0.644. The Labute approximate surface area is 411 Å². The number of pyridine rings is 3. The quantitative estimate of drug-likeness (QED) is 0.176. The molecule has 1 spiro atoms. The SMILES string of the molecule is c1ccc2c(c1)Sc1cc(-c3ccc4c(c3)c3ccccc3n4-c3cc(-n4c5ccccc5c5ccccc54)ccn3)ccc1C21c2cccnc2-c2ncc(-n3c4ccccc4c4ccccc43)cc21. The molecule has 6 nitrogen and oxygen atoms in total. The lowest BCUT2D eigenvalue weighted by Gasteiger charge is -2.39. The highest BCUT2D eigenvalue weighted by Gasteiger charge is 2.52. The summed E-state index contributed by atoms with van der Waals surface area (Å²) in [6, 6.07) is 77.5. The molecule has 7 heterocycles. The predicted octanol–water partition coefficient (Wildman–Crippen LogP) is 15.7. The van der Waals surface area contributed by atoms with Crippen LogP contribution >= 0.6 is 11.8 Å². The van der Waals surface area contributed by atoms with Crippen LogP contribution in [0.4, 0.5) is 0 Å². The molecule has 8 aromatic carbocycles. The van der Waals surface area contributed by atoms with Crippen molar-refractivity contribution in [2.75, 3.05) is 0 Å². The number of benzene rings is 8.